The van der Waals surface area contributed by atoms with Crippen molar-refractivity contribution in [2.45, 2.75) is 53.9 Å². The second-order valence-electron chi connectivity index (χ2n) is 6.76. The monoisotopic (exact) mass is 415 g/mol. The number of nitrogens with one attached hydrogen (secondary N) is 3. The number of benzene rings is 1. The fourth-order valence-corrected chi connectivity index (χ4v) is 3.02. The van der Waals surface area contributed by atoms with Crippen LogP contribution in [-0.2, 0) is 0 Å². The molecule has 0 amide bonds. The molecule has 0 saturated heterocycles. The molecule has 0 unspecified atom stereocenters. The first-order valence-corrected chi connectivity index (χ1v) is 11.1. The van der Waals surface area contributed by atoms with Gasteiger partial charge in [-0.05, 0) is 49.0 Å². The third kappa shape index (κ3) is 7.41. The quantitative estimate of drug-likeness (QED) is 0.366. The van der Waals surface area contributed by atoms with Crippen LogP contribution in [0.25, 0.3) is 5.57 Å². The van der Waals surface area contributed by atoms with Gasteiger partial charge in [0, 0.05) is 43.5 Å². The summed E-state index contributed by atoms with van der Waals surface area (Å²) in [6, 6.07) is 4.65. The summed E-state index contributed by atoms with van der Waals surface area (Å²) in [4.78, 5) is 4.37. The molecule has 2 aliphatic rings. The molecule has 6 heteroatoms. The molecule has 3 rings (SSSR count). The van der Waals surface area contributed by atoms with Gasteiger partial charge in [0.2, 0.25) is 0 Å². The number of halogens is 1. The average molecular weight is 416 g/mol. The summed E-state index contributed by atoms with van der Waals surface area (Å²) in [5.74, 6) is 0.684. The molecule has 1 aliphatic heterocycles. The van der Waals surface area contributed by atoms with Crippen molar-refractivity contribution < 1.29 is 4.39 Å². The van der Waals surface area contributed by atoms with Crippen molar-refractivity contribution in [3.05, 3.63) is 46.9 Å². The highest BCUT2D eigenvalue weighted by Crippen LogP contribution is 2.28. The lowest BCUT2D eigenvalue weighted by molar-refractivity contribution is 0.616. The lowest BCUT2D eigenvalue weighted by Gasteiger charge is -2.22. The molecule has 0 bridgehead atoms. The fraction of sp³-hybridized carbons (Fsp3) is 0.500. The van der Waals surface area contributed by atoms with Crippen LogP contribution in [0.15, 0.2) is 40.5 Å². The Morgan fingerprint density at radius 3 is 2.60 bits per heavy atom. The molecule has 1 aromatic carbocycles. The summed E-state index contributed by atoms with van der Waals surface area (Å²) < 4.78 is 14.2. The van der Waals surface area contributed by atoms with Crippen LogP contribution in [0.2, 0.25) is 0 Å². The van der Waals surface area contributed by atoms with Crippen LogP contribution in [0.1, 0.15) is 59.4 Å². The lowest BCUT2D eigenvalue weighted by Crippen LogP contribution is -2.36. The maximum Gasteiger partial charge on any atom is 0.148 e. The van der Waals surface area contributed by atoms with E-state index < -0.39 is 5.82 Å². The number of nitrogens with two attached hydrogens (primary N) is 1. The van der Waals surface area contributed by atoms with E-state index in [1.165, 1.54) is 25.1 Å². The highest BCUT2D eigenvalue weighted by atomic mass is 19.1. The van der Waals surface area contributed by atoms with E-state index in [0.29, 0.717) is 18.0 Å². The van der Waals surface area contributed by atoms with Gasteiger partial charge in [-0.15, -0.1) is 0 Å². The molecule has 0 spiro atoms. The topological polar surface area (TPSA) is 86.3 Å². The van der Waals surface area contributed by atoms with E-state index in [4.69, 9.17) is 11.1 Å². The van der Waals surface area contributed by atoms with Gasteiger partial charge in [-0.25, -0.2) is 9.38 Å². The molecule has 0 atom stereocenters. The fourth-order valence-electron chi connectivity index (χ4n) is 3.02. The molecule has 1 heterocycles. The molecule has 30 heavy (non-hydrogen) atoms. The van der Waals surface area contributed by atoms with E-state index in [0.717, 1.165) is 42.3 Å². The Bertz CT molecular complexity index is 776. The Labute approximate surface area is 181 Å². The van der Waals surface area contributed by atoms with Crippen molar-refractivity contribution in [3.8, 4) is 0 Å². The van der Waals surface area contributed by atoms with Crippen LogP contribution >= 0.6 is 0 Å². The molecule has 1 saturated carbocycles. The minimum absolute atomic E-state index is 0.195. The van der Waals surface area contributed by atoms with Crippen LogP contribution in [0, 0.1) is 17.1 Å². The summed E-state index contributed by atoms with van der Waals surface area (Å²) in [7, 11) is 0. The van der Waals surface area contributed by atoms with E-state index in [1.807, 2.05) is 40.7 Å². The van der Waals surface area contributed by atoms with Crippen LogP contribution in [0.4, 0.5) is 10.1 Å². The van der Waals surface area contributed by atoms with Gasteiger partial charge in [-0.2, -0.15) is 0 Å². The van der Waals surface area contributed by atoms with Gasteiger partial charge in [0.25, 0.3) is 0 Å². The molecular weight excluding hydrogens is 377 g/mol. The lowest BCUT2D eigenvalue weighted by atomic mass is 10.0. The van der Waals surface area contributed by atoms with Gasteiger partial charge in [-0.3, -0.25) is 0 Å². The third-order valence-electron chi connectivity index (χ3n) is 4.81. The zero-order valence-corrected chi connectivity index (χ0v) is 19.1. The van der Waals surface area contributed by atoms with E-state index >= 15 is 0 Å². The summed E-state index contributed by atoms with van der Waals surface area (Å²) in [5.41, 5.74) is 9.93. The van der Waals surface area contributed by atoms with Crippen molar-refractivity contribution in [1.82, 2.24) is 10.6 Å². The van der Waals surface area contributed by atoms with Crippen molar-refractivity contribution in [3.63, 3.8) is 0 Å². The molecule has 1 aromatic rings. The number of allylic oxidation sites excluding steroid dienone is 2. The van der Waals surface area contributed by atoms with Crippen molar-refractivity contribution in [1.29, 1.82) is 5.41 Å². The first-order valence-electron chi connectivity index (χ1n) is 11.1. The number of hydrogen-bond acceptors (Lipinski definition) is 4. The Morgan fingerprint density at radius 1 is 1.30 bits per heavy atom. The van der Waals surface area contributed by atoms with Gasteiger partial charge in [0.1, 0.15) is 17.3 Å². The number of nitrogens with zero attached hydrogens (tertiary/aromatic N) is 1. The third-order valence-corrected chi connectivity index (χ3v) is 4.81. The van der Waals surface area contributed by atoms with Gasteiger partial charge in [-0.1, -0.05) is 39.8 Å². The molecule has 5 N–H and O–H groups in total. The maximum atomic E-state index is 14.2. The zero-order valence-electron chi connectivity index (χ0n) is 19.1. The van der Waals surface area contributed by atoms with E-state index in [2.05, 4.69) is 15.6 Å². The van der Waals surface area contributed by atoms with E-state index in [1.54, 1.807) is 12.1 Å². The second kappa shape index (κ2) is 13.7. The molecule has 5 nitrogen and oxygen atoms in total. The number of amidine groups is 1. The first-order chi connectivity index (χ1) is 14.6. The average Bonchev–Trinajstić information content (AvgIpc) is 3.63. The Morgan fingerprint density at radius 2 is 2.00 bits per heavy atom. The predicted molar refractivity (Wildman–Crippen MR) is 128 cm³/mol. The van der Waals surface area contributed by atoms with Crippen LogP contribution in [0.5, 0.6) is 0 Å². The van der Waals surface area contributed by atoms with E-state index in [9.17, 15) is 4.39 Å². The zero-order chi connectivity index (χ0) is 22.5. The van der Waals surface area contributed by atoms with Gasteiger partial charge in [0.15, 0.2) is 0 Å². The van der Waals surface area contributed by atoms with Crippen molar-refractivity contribution in [2.24, 2.45) is 16.6 Å². The largest absolute Gasteiger partial charge is 0.388 e. The van der Waals surface area contributed by atoms with Crippen LogP contribution in [-0.4, -0.2) is 31.7 Å². The van der Waals surface area contributed by atoms with Crippen molar-refractivity contribution >= 4 is 23.3 Å². The predicted octanol–water partition coefficient (Wildman–Crippen LogP) is 5.17. The van der Waals surface area contributed by atoms with Crippen molar-refractivity contribution in [2.75, 3.05) is 19.6 Å². The minimum atomic E-state index is -0.422. The highest BCUT2D eigenvalue weighted by Gasteiger charge is 2.23. The molecule has 1 fully saturated rings. The Hall–Kier alpha value is -2.47. The minimum Gasteiger partial charge on any atom is -0.388 e. The highest BCUT2D eigenvalue weighted by molar-refractivity contribution is 6.08. The maximum absolute atomic E-state index is 14.2. The van der Waals surface area contributed by atoms with E-state index in [-0.39, 0.29) is 5.69 Å². The van der Waals surface area contributed by atoms with Crippen LogP contribution < -0.4 is 16.4 Å². The number of hydrogen-bond donors (Lipinski definition) is 4. The number of rotatable bonds is 7. The molecular formula is C24H38FN5. The SMILES string of the molecule is C/C=C(\C=N)c1ccc(F)c(N=C(N)C2=C(NCC3CC3)CCNC2)c1.CC.CC. The number of aliphatic imine (C=N–C) groups is 1. The van der Waals surface area contributed by atoms with Gasteiger partial charge in [0.05, 0.1) is 0 Å². The second-order valence-corrected chi connectivity index (χ2v) is 6.76. The molecule has 166 valence electrons. The Balaban J connectivity index is 0.00000106. The summed E-state index contributed by atoms with van der Waals surface area (Å²) in [5, 5.41) is 14.3. The summed E-state index contributed by atoms with van der Waals surface area (Å²) in [6.07, 6.45) is 6.50. The van der Waals surface area contributed by atoms with Gasteiger partial charge < -0.3 is 21.8 Å². The summed E-state index contributed by atoms with van der Waals surface area (Å²) in [6.45, 7) is 12.3. The molecule has 0 aromatic heterocycles. The smallest absolute Gasteiger partial charge is 0.148 e. The van der Waals surface area contributed by atoms with Gasteiger partial charge >= 0.3 is 0 Å². The molecule has 1 aliphatic carbocycles. The van der Waals surface area contributed by atoms with Crippen LogP contribution in [0.3, 0.4) is 0 Å². The standard InChI is InChI=1S/C20H26FN5.2C2H6/c1-2-14(10-22)15-5-6-17(21)19(9-15)26-20(23)16-12-24-8-7-18(16)25-11-13-3-4-13;2*1-2/h2,5-6,9-10,13,22,24-25H,3-4,7-8,11-12H2,1H3,(H2,23,26);2*1-2H3/b14-2+,22-10?;;. The normalized spacial score (nSPS) is 16.7. The molecule has 0 radical (unpaired) electrons. The summed E-state index contributed by atoms with van der Waals surface area (Å²) >= 11 is 0. The first kappa shape index (κ1) is 25.6. The Kier molecular flexibility index (Phi) is 11.7.